The average molecular weight is 705 g/mol. The van der Waals surface area contributed by atoms with Gasteiger partial charge < -0.3 is 0 Å². The Morgan fingerprint density at radius 1 is 0.212 bits per heavy atom. The lowest BCUT2D eigenvalue weighted by Crippen LogP contribution is -2.33. The van der Waals surface area contributed by atoms with E-state index in [0.717, 1.165) is 12.3 Å². The predicted molar refractivity (Wildman–Crippen MR) is 230 cm³/mol. The van der Waals surface area contributed by atoms with Crippen molar-refractivity contribution in [3.8, 4) is 11.1 Å². The molecule has 0 radical (unpaired) electrons. The lowest BCUT2D eigenvalue weighted by Gasteiger charge is -2.30. The van der Waals surface area contributed by atoms with Gasteiger partial charge in [0.1, 0.15) is 46.4 Å². The van der Waals surface area contributed by atoms with E-state index in [1.165, 1.54) is 54.1 Å². The molecule has 0 aliphatic carbocycles. The number of benzene rings is 8. The second kappa shape index (κ2) is 15.5. The topological polar surface area (TPSA) is 0 Å². The quantitative estimate of drug-likeness (QED) is 0.118. The SMILES string of the molecule is c1ccc([P+](Cc2ccccc2-c2ccccc2C[P+](c2ccccc2)(c2ccccc2)c2ccccc2)(c2ccccc2)c2ccccc2)cc1. The van der Waals surface area contributed by atoms with Crippen LogP contribution in [0.5, 0.6) is 0 Å². The van der Waals surface area contributed by atoms with Crippen molar-refractivity contribution in [2.75, 3.05) is 0 Å². The normalized spacial score (nSPS) is 11.6. The lowest BCUT2D eigenvalue weighted by molar-refractivity contribution is 1.34. The van der Waals surface area contributed by atoms with E-state index in [0.29, 0.717) is 0 Å². The zero-order chi connectivity index (χ0) is 35.1. The number of hydrogen-bond acceptors (Lipinski definition) is 0. The van der Waals surface area contributed by atoms with Gasteiger partial charge in [0.15, 0.2) is 0 Å². The largest absolute Gasteiger partial charge is 0.116 e. The third kappa shape index (κ3) is 6.46. The van der Waals surface area contributed by atoms with Gasteiger partial charge in [0, 0.05) is 0 Å². The molecule has 2 heteroatoms. The van der Waals surface area contributed by atoms with Gasteiger partial charge in [-0.3, -0.25) is 0 Å². The molecule has 0 unspecified atom stereocenters. The fourth-order valence-corrected chi connectivity index (χ4v) is 16.4. The summed E-state index contributed by atoms with van der Waals surface area (Å²) in [5.74, 6) is 0. The molecule has 0 fully saturated rings. The Kier molecular flexibility index (Phi) is 10.0. The van der Waals surface area contributed by atoms with Crippen molar-refractivity contribution in [1.82, 2.24) is 0 Å². The summed E-state index contributed by atoms with van der Waals surface area (Å²) in [7, 11) is -4.23. The van der Waals surface area contributed by atoms with E-state index in [9.17, 15) is 0 Å². The highest BCUT2D eigenvalue weighted by Crippen LogP contribution is 2.61. The molecule has 0 aliphatic rings. The molecular weight excluding hydrogens is 662 g/mol. The first-order valence-electron chi connectivity index (χ1n) is 18.1. The molecule has 52 heavy (non-hydrogen) atoms. The first-order valence-corrected chi connectivity index (χ1v) is 22.0. The van der Waals surface area contributed by atoms with Gasteiger partial charge >= 0.3 is 0 Å². The van der Waals surface area contributed by atoms with Crippen LogP contribution in [0.3, 0.4) is 0 Å². The molecule has 0 heterocycles. The van der Waals surface area contributed by atoms with E-state index in [-0.39, 0.29) is 0 Å². The maximum atomic E-state index is 2.38. The van der Waals surface area contributed by atoms with E-state index in [1.54, 1.807) is 0 Å². The molecule has 0 bridgehead atoms. The molecule has 0 atom stereocenters. The van der Waals surface area contributed by atoms with Gasteiger partial charge in [0.2, 0.25) is 0 Å². The van der Waals surface area contributed by atoms with Crippen molar-refractivity contribution in [2.45, 2.75) is 12.3 Å². The van der Waals surface area contributed by atoms with E-state index in [4.69, 9.17) is 0 Å². The third-order valence-corrected chi connectivity index (χ3v) is 19.0. The maximum absolute atomic E-state index is 2.38. The van der Waals surface area contributed by atoms with Crippen LogP contribution < -0.4 is 31.8 Å². The highest BCUT2D eigenvalue weighted by molar-refractivity contribution is 7.95. The van der Waals surface area contributed by atoms with Crippen LogP contribution in [-0.4, -0.2) is 0 Å². The third-order valence-electron chi connectivity index (χ3n) is 10.3. The first kappa shape index (κ1) is 33.7. The van der Waals surface area contributed by atoms with Gasteiger partial charge in [-0.2, -0.15) is 0 Å². The Labute approximate surface area is 310 Å². The van der Waals surface area contributed by atoms with Crippen LogP contribution >= 0.6 is 14.5 Å². The van der Waals surface area contributed by atoms with E-state index in [2.05, 4.69) is 231 Å². The minimum absolute atomic E-state index is 0.923. The molecule has 0 saturated heterocycles. The Balaban J connectivity index is 1.33. The van der Waals surface area contributed by atoms with Gasteiger partial charge in [0.25, 0.3) is 0 Å². The zero-order valence-corrected chi connectivity index (χ0v) is 31.0. The molecule has 8 aromatic rings. The van der Waals surface area contributed by atoms with Gasteiger partial charge in [-0.05, 0) is 95.1 Å². The average Bonchev–Trinajstić information content (AvgIpc) is 3.24. The highest BCUT2D eigenvalue weighted by atomic mass is 31.2. The molecule has 0 aromatic heterocycles. The predicted octanol–water partition coefficient (Wildman–Crippen LogP) is 10.3. The molecule has 0 nitrogen and oxygen atoms in total. The molecule has 0 spiro atoms. The molecule has 8 rings (SSSR count). The van der Waals surface area contributed by atoms with Crippen molar-refractivity contribution >= 4 is 46.4 Å². The van der Waals surface area contributed by atoms with E-state index < -0.39 is 14.5 Å². The van der Waals surface area contributed by atoms with Crippen LogP contribution in [0.2, 0.25) is 0 Å². The Bertz CT molecular complexity index is 1960. The minimum atomic E-state index is -2.12. The summed E-state index contributed by atoms with van der Waals surface area (Å²) in [5.41, 5.74) is 5.39. The van der Waals surface area contributed by atoms with E-state index >= 15 is 0 Å². The van der Waals surface area contributed by atoms with Gasteiger partial charge in [0.05, 0.1) is 12.3 Å². The molecule has 8 aromatic carbocycles. The van der Waals surface area contributed by atoms with Gasteiger partial charge in [-0.15, -0.1) is 0 Å². The Morgan fingerprint density at radius 3 is 0.635 bits per heavy atom. The van der Waals surface area contributed by atoms with Crippen molar-refractivity contribution in [3.63, 3.8) is 0 Å². The summed E-state index contributed by atoms with van der Waals surface area (Å²) < 4.78 is 0. The van der Waals surface area contributed by atoms with Gasteiger partial charge in [-0.1, -0.05) is 158 Å². The van der Waals surface area contributed by atoms with Gasteiger partial charge in [-0.25, -0.2) is 0 Å². The molecule has 0 N–H and O–H groups in total. The van der Waals surface area contributed by atoms with Crippen LogP contribution in [-0.2, 0) is 12.3 Å². The maximum Gasteiger partial charge on any atom is 0.116 e. The van der Waals surface area contributed by atoms with Crippen LogP contribution in [0.1, 0.15) is 11.1 Å². The van der Waals surface area contributed by atoms with Crippen LogP contribution in [0.15, 0.2) is 231 Å². The summed E-state index contributed by atoms with van der Waals surface area (Å²) in [4.78, 5) is 0. The molecule has 0 aliphatic heterocycles. The number of hydrogen-bond donors (Lipinski definition) is 0. The first-order chi connectivity index (χ1) is 25.8. The Morgan fingerprint density at radius 2 is 0.404 bits per heavy atom. The van der Waals surface area contributed by atoms with Crippen LogP contribution in [0.4, 0.5) is 0 Å². The van der Waals surface area contributed by atoms with Crippen molar-refractivity contribution in [1.29, 1.82) is 0 Å². The standard InChI is InChI=1S/C50H42P2/c1-7-25-43(26-8-1)51(44-27-9-2-10-28-44,45-29-11-3-12-30-45)39-41-23-19-21-37-49(41)50-38-22-20-24-42(50)40-52(46-31-13-4-14-32-46,47-33-15-5-16-34-47)48-35-17-6-18-36-48/h1-38H,39-40H2/q+2. The summed E-state index contributed by atoms with van der Waals surface area (Å²) in [6.07, 6.45) is 1.85. The fraction of sp³-hybridized carbons (Fsp3) is 0.0400. The smallest absolute Gasteiger partial charge is 0.0620 e. The van der Waals surface area contributed by atoms with Crippen molar-refractivity contribution in [3.05, 3.63) is 242 Å². The summed E-state index contributed by atoms with van der Waals surface area (Å²) in [6.45, 7) is 0. The second-order valence-corrected chi connectivity index (χ2v) is 20.2. The molecule has 0 amide bonds. The Hall–Kier alpha value is -5.38. The minimum Gasteiger partial charge on any atom is -0.0620 e. The number of rotatable bonds is 11. The summed E-state index contributed by atoms with van der Waals surface area (Å²) in [6, 6.07) is 85.9. The molecule has 0 saturated carbocycles. The molecular formula is C50H42P2+2. The molecule has 250 valence electrons. The summed E-state index contributed by atoms with van der Waals surface area (Å²) >= 11 is 0. The second-order valence-electron chi connectivity index (χ2n) is 13.3. The zero-order valence-electron chi connectivity index (χ0n) is 29.2. The van der Waals surface area contributed by atoms with Crippen molar-refractivity contribution < 1.29 is 0 Å². The van der Waals surface area contributed by atoms with Crippen LogP contribution in [0, 0.1) is 0 Å². The monoisotopic (exact) mass is 704 g/mol. The van der Waals surface area contributed by atoms with Crippen molar-refractivity contribution in [2.24, 2.45) is 0 Å². The highest BCUT2D eigenvalue weighted by Gasteiger charge is 2.47. The van der Waals surface area contributed by atoms with E-state index in [1.807, 2.05) is 0 Å². The summed E-state index contributed by atoms with van der Waals surface area (Å²) in [5, 5.41) is 8.40. The lowest BCUT2D eigenvalue weighted by atomic mass is 9.97. The fourth-order valence-electron chi connectivity index (χ4n) is 7.89. The van der Waals surface area contributed by atoms with Crippen LogP contribution in [0.25, 0.3) is 11.1 Å².